The predicted octanol–water partition coefficient (Wildman–Crippen LogP) is 2.23. The molecule has 0 saturated carbocycles. The van der Waals surface area contributed by atoms with Crippen molar-refractivity contribution in [1.29, 1.82) is 0 Å². The Bertz CT molecular complexity index is 488. The summed E-state index contributed by atoms with van der Waals surface area (Å²) in [6.45, 7) is 1.94. The van der Waals surface area contributed by atoms with Crippen LogP contribution >= 0.6 is 0 Å². The number of nitrogens with two attached hydrogens (primary N) is 1. The molecule has 1 heterocycles. The second kappa shape index (κ2) is 3.06. The third kappa shape index (κ3) is 1.42. The number of hydrogen-bond donors (Lipinski definition) is 2. The van der Waals surface area contributed by atoms with E-state index in [1.807, 2.05) is 13.0 Å². The fourth-order valence-electron chi connectivity index (χ4n) is 1.38. The van der Waals surface area contributed by atoms with Crippen molar-refractivity contribution in [2.45, 2.75) is 6.92 Å². The normalized spacial score (nSPS) is 10.4. The van der Waals surface area contributed by atoms with E-state index in [4.69, 9.17) is 10.2 Å². The van der Waals surface area contributed by atoms with Crippen LogP contribution in [0.5, 0.6) is 0 Å². The lowest BCUT2D eigenvalue weighted by Crippen LogP contribution is -2.19. The van der Waals surface area contributed by atoms with Crippen LogP contribution in [0.25, 0.3) is 11.0 Å². The van der Waals surface area contributed by atoms with E-state index in [0.717, 1.165) is 16.5 Å². The highest BCUT2D eigenvalue weighted by molar-refractivity contribution is 5.92. The van der Waals surface area contributed by atoms with Crippen LogP contribution in [0.1, 0.15) is 5.56 Å². The molecule has 1 aromatic heterocycles. The number of hydrogen-bond acceptors (Lipinski definition) is 2. The van der Waals surface area contributed by atoms with Crippen LogP contribution < -0.4 is 11.1 Å². The van der Waals surface area contributed by atoms with Crippen LogP contribution in [-0.4, -0.2) is 6.03 Å². The van der Waals surface area contributed by atoms with Gasteiger partial charge in [0.05, 0.1) is 6.26 Å². The zero-order valence-corrected chi connectivity index (χ0v) is 7.70. The Morgan fingerprint density at radius 2 is 2.29 bits per heavy atom. The number of benzene rings is 1. The SMILES string of the molecule is Cc1coc2ccc(NC(N)=O)cc12. The van der Waals surface area contributed by atoms with E-state index in [9.17, 15) is 4.79 Å². The summed E-state index contributed by atoms with van der Waals surface area (Å²) in [5.41, 5.74) is 7.52. The molecule has 4 nitrogen and oxygen atoms in total. The van der Waals surface area contributed by atoms with Gasteiger partial charge in [-0.2, -0.15) is 0 Å². The highest BCUT2D eigenvalue weighted by Gasteiger charge is 2.03. The van der Waals surface area contributed by atoms with Crippen molar-refractivity contribution in [3.63, 3.8) is 0 Å². The summed E-state index contributed by atoms with van der Waals surface area (Å²) in [5.74, 6) is 0. The van der Waals surface area contributed by atoms with Crippen LogP contribution in [0.4, 0.5) is 10.5 Å². The van der Waals surface area contributed by atoms with Crippen molar-refractivity contribution < 1.29 is 9.21 Å². The Balaban J connectivity index is 2.49. The van der Waals surface area contributed by atoms with Gasteiger partial charge in [-0.25, -0.2) is 4.79 Å². The number of furan rings is 1. The van der Waals surface area contributed by atoms with E-state index in [1.54, 1.807) is 18.4 Å². The van der Waals surface area contributed by atoms with Gasteiger partial charge in [-0.3, -0.25) is 0 Å². The van der Waals surface area contributed by atoms with Crippen LogP contribution in [0.2, 0.25) is 0 Å². The van der Waals surface area contributed by atoms with E-state index in [1.165, 1.54) is 0 Å². The summed E-state index contributed by atoms with van der Waals surface area (Å²) >= 11 is 0. The first-order valence-electron chi connectivity index (χ1n) is 4.21. The van der Waals surface area contributed by atoms with Crippen LogP contribution in [0.15, 0.2) is 28.9 Å². The van der Waals surface area contributed by atoms with Gasteiger partial charge in [0, 0.05) is 11.1 Å². The largest absolute Gasteiger partial charge is 0.464 e. The standard InChI is InChI=1S/C10H10N2O2/c1-6-5-14-9-3-2-7(4-8(6)9)12-10(11)13/h2-5H,1H3,(H3,11,12,13). The molecule has 3 N–H and O–H groups in total. The van der Waals surface area contributed by atoms with Crippen LogP contribution in [0.3, 0.4) is 0 Å². The van der Waals surface area contributed by atoms with Gasteiger partial charge in [-0.05, 0) is 30.7 Å². The number of amides is 2. The van der Waals surface area contributed by atoms with E-state index >= 15 is 0 Å². The maximum Gasteiger partial charge on any atom is 0.316 e. The minimum Gasteiger partial charge on any atom is -0.464 e. The molecule has 0 aliphatic rings. The zero-order chi connectivity index (χ0) is 10.1. The minimum absolute atomic E-state index is 0.564. The Kier molecular flexibility index (Phi) is 1.89. The highest BCUT2D eigenvalue weighted by atomic mass is 16.3. The van der Waals surface area contributed by atoms with E-state index in [0.29, 0.717) is 5.69 Å². The molecular weight excluding hydrogens is 180 g/mol. The number of nitrogens with one attached hydrogen (secondary N) is 1. The monoisotopic (exact) mass is 190 g/mol. The summed E-state index contributed by atoms with van der Waals surface area (Å²) in [6.07, 6.45) is 1.68. The van der Waals surface area contributed by atoms with Crippen LogP contribution in [0, 0.1) is 6.92 Å². The summed E-state index contributed by atoms with van der Waals surface area (Å²) in [4.78, 5) is 10.6. The highest BCUT2D eigenvalue weighted by Crippen LogP contribution is 2.23. The summed E-state index contributed by atoms with van der Waals surface area (Å²) in [6, 6.07) is 4.81. The Morgan fingerprint density at radius 1 is 1.50 bits per heavy atom. The first-order valence-corrected chi connectivity index (χ1v) is 4.21. The summed E-state index contributed by atoms with van der Waals surface area (Å²) < 4.78 is 5.26. The topological polar surface area (TPSA) is 68.3 Å². The fourth-order valence-corrected chi connectivity index (χ4v) is 1.38. The van der Waals surface area contributed by atoms with Gasteiger partial charge in [0.1, 0.15) is 5.58 Å². The third-order valence-corrected chi connectivity index (χ3v) is 2.03. The number of aryl methyl sites for hydroxylation is 1. The fraction of sp³-hybridized carbons (Fsp3) is 0.100. The molecule has 0 atom stereocenters. The van der Waals surface area contributed by atoms with Gasteiger partial charge in [0.2, 0.25) is 0 Å². The molecule has 0 aliphatic carbocycles. The third-order valence-electron chi connectivity index (χ3n) is 2.03. The number of fused-ring (bicyclic) bond motifs is 1. The maximum absolute atomic E-state index is 10.6. The van der Waals surface area contributed by atoms with Gasteiger partial charge < -0.3 is 15.5 Å². The van der Waals surface area contributed by atoms with Crippen LogP contribution in [-0.2, 0) is 0 Å². The number of carbonyl (C=O) groups is 1. The lowest BCUT2D eigenvalue weighted by Gasteiger charge is -2.00. The van der Waals surface area contributed by atoms with Crippen molar-refractivity contribution in [1.82, 2.24) is 0 Å². The molecule has 14 heavy (non-hydrogen) atoms. The molecule has 72 valence electrons. The first-order chi connectivity index (χ1) is 6.66. The number of rotatable bonds is 1. The first kappa shape index (κ1) is 8.62. The molecule has 0 aliphatic heterocycles. The van der Waals surface area contributed by atoms with E-state index in [-0.39, 0.29) is 0 Å². The average molecular weight is 190 g/mol. The molecular formula is C10H10N2O2. The number of primary amides is 1. The molecule has 4 heteroatoms. The minimum atomic E-state index is -0.564. The van der Waals surface area contributed by atoms with Gasteiger partial charge in [-0.15, -0.1) is 0 Å². The number of anilines is 1. The number of carbonyl (C=O) groups excluding carboxylic acids is 1. The van der Waals surface area contributed by atoms with Crippen molar-refractivity contribution in [2.75, 3.05) is 5.32 Å². The Morgan fingerprint density at radius 3 is 3.00 bits per heavy atom. The van der Waals surface area contributed by atoms with Crippen molar-refractivity contribution >= 4 is 22.7 Å². The van der Waals surface area contributed by atoms with Gasteiger partial charge in [0.25, 0.3) is 0 Å². The lowest BCUT2D eigenvalue weighted by atomic mass is 10.2. The van der Waals surface area contributed by atoms with Crippen molar-refractivity contribution in [3.05, 3.63) is 30.0 Å². The van der Waals surface area contributed by atoms with E-state index < -0.39 is 6.03 Å². The zero-order valence-electron chi connectivity index (χ0n) is 7.70. The molecule has 0 radical (unpaired) electrons. The molecule has 0 saturated heterocycles. The summed E-state index contributed by atoms with van der Waals surface area (Å²) in [7, 11) is 0. The quantitative estimate of drug-likeness (QED) is 0.724. The molecule has 0 unspecified atom stereocenters. The molecule has 0 fully saturated rings. The van der Waals surface area contributed by atoms with Gasteiger partial charge in [0.15, 0.2) is 0 Å². The lowest BCUT2D eigenvalue weighted by molar-refractivity contribution is 0.259. The molecule has 2 rings (SSSR count). The maximum atomic E-state index is 10.6. The second-order valence-electron chi connectivity index (χ2n) is 3.12. The Hall–Kier alpha value is -1.97. The molecule has 2 amide bonds. The van der Waals surface area contributed by atoms with Crippen molar-refractivity contribution in [2.24, 2.45) is 5.73 Å². The van der Waals surface area contributed by atoms with Gasteiger partial charge >= 0.3 is 6.03 Å². The molecule has 0 bridgehead atoms. The van der Waals surface area contributed by atoms with Gasteiger partial charge in [-0.1, -0.05) is 0 Å². The summed E-state index contributed by atoms with van der Waals surface area (Å²) in [5, 5.41) is 3.49. The smallest absolute Gasteiger partial charge is 0.316 e. The average Bonchev–Trinajstić information content (AvgIpc) is 2.47. The second-order valence-corrected chi connectivity index (χ2v) is 3.12. The Labute approximate surface area is 80.7 Å². The molecule has 1 aromatic carbocycles. The van der Waals surface area contributed by atoms with E-state index in [2.05, 4.69) is 5.32 Å². The molecule has 0 spiro atoms. The van der Waals surface area contributed by atoms with Crippen molar-refractivity contribution in [3.8, 4) is 0 Å². The predicted molar refractivity (Wildman–Crippen MR) is 54.2 cm³/mol. The number of urea groups is 1. The molecule has 2 aromatic rings.